The topological polar surface area (TPSA) is 74.3 Å². The van der Waals surface area contributed by atoms with Crippen molar-refractivity contribution in [1.82, 2.24) is 14.6 Å². The molecule has 1 amide bonds. The Kier molecular flexibility index (Phi) is 4.31. The molecule has 0 aliphatic heterocycles. The standard InChI is InChI=1S/C18H16BrN5O/c1-18(2,3)24(16-5-4-12(9-20)10-21-16)17(25)13-6-7-23-15(8-13)14(19)11-22-23/h4-8,10-11H,1-3H3. The predicted octanol–water partition coefficient (Wildman–Crippen LogP) is 3.81. The number of carbonyl (C=O) groups is 1. The average Bonchev–Trinajstić information content (AvgIpc) is 2.95. The van der Waals surface area contributed by atoms with Crippen molar-refractivity contribution in [2.24, 2.45) is 0 Å². The van der Waals surface area contributed by atoms with E-state index in [4.69, 9.17) is 5.26 Å². The van der Waals surface area contributed by atoms with E-state index in [-0.39, 0.29) is 5.91 Å². The number of halogens is 1. The molecule has 0 bridgehead atoms. The van der Waals surface area contributed by atoms with Crippen LogP contribution in [0.4, 0.5) is 5.82 Å². The minimum Gasteiger partial charge on any atom is -0.287 e. The number of carbonyl (C=O) groups excluding carboxylic acids is 1. The molecule has 0 aromatic carbocycles. The van der Waals surface area contributed by atoms with Crippen LogP contribution in [0.1, 0.15) is 36.7 Å². The van der Waals surface area contributed by atoms with Crippen LogP contribution in [0.15, 0.2) is 47.3 Å². The minimum atomic E-state index is -0.484. The summed E-state index contributed by atoms with van der Waals surface area (Å²) < 4.78 is 2.52. The lowest BCUT2D eigenvalue weighted by Crippen LogP contribution is -2.46. The number of nitriles is 1. The third-order valence-corrected chi connectivity index (χ3v) is 4.31. The van der Waals surface area contributed by atoms with E-state index in [0.29, 0.717) is 16.9 Å². The largest absolute Gasteiger partial charge is 0.287 e. The molecule has 3 heterocycles. The van der Waals surface area contributed by atoms with Crippen molar-refractivity contribution >= 4 is 33.2 Å². The molecule has 0 fully saturated rings. The van der Waals surface area contributed by atoms with E-state index in [1.165, 1.54) is 6.20 Å². The van der Waals surface area contributed by atoms with E-state index in [1.807, 2.05) is 26.8 Å². The normalized spacial score (nSPS) is 11.3. The monoisotopic (exact) mass is 397 g/mol. The van der Waals surface area contributed by atoms with Gasteiger partial charge in [0.05, 0.1) is 21.7 Å². The van der Waals surface area contributed by atoms with E-state index < -0.39 is 5.54 Å². The highest BCUT2D eigenvalue weighted by Crippen LogP contribution is 2.26. The molecule has 0 radical (unpaired) electrons. The van der Waals surface area contributed by atoms with Crippen molar-refractivity contribution in [3.05, 3.63) is 58.5 Å². The van der Waals surface area contributed by atoms with E-state index in [2.05, 4.69) is 26.0 Å². The molecule has 126 valence electrons. The van der Waals surface area contributed by atoms with Crippen LogP contribution in [0.25, 0.3) is 5.52 Å². The Labute approximate surface area is 153 Å². The summed E-state index contributed by atoms with van der Waals surface area (Å²) in [4.78, 5) is 19.1. The Morgan fingerprint density at radius 1 is 1.28 bits per heavy atom. The molecule has 3 aromatic rings. The van der Waals surface area contributed by atoms with Gasteiger partial charge in [-0.1, -0.05) is 0 Å². The van der Waals surface area contributed by atoms with Gasteiger partial charge in [-0.05, 0) is 61.0 Å². The van der Waals surface area contributed by atoms with Gasteiger partial charge in [-0.3, -0.25) is 9.69 Å². The van der Waals surface area contributed by atoms with Gasteiger partial charge in [-0.25, -0.2) is 9.50 Å². The molecule has 7 heteroatoms. The number of amides is 1. The molecule has 0 spiro atoms. The van der Waals surface area contributed by atoms with E-state index in [1.54, 1.807) is 46.1 Å². The van der Waals surface area contributed by atoms with Gasteiger partial charge in [0.1, 0.15) is 11.9 Å². The van der Waals surface area contributed by atoms with Crippen LogP contribution in [0, 0.1) is 11.3 Å². The van der Waals surface area contributed by atoms with Crippen molar-refractivity contribution in [2.45, 2.75) is 26.3 Å². The SMILES string of the molecule is CC(C)(C)N(C(=O)c1ccn2ncc(Br)c2c1)c1ccc(C#N)cn1. The number of pyridine rings is 2. The fraction of sp³-hybridized carbons (Fsp3) is 0.222. The number of anilines is 1. The maximum atomic E-state index is 13.2. The molecule has 0 saturated heterocycles. The lowest BCUT2D eigenvalue weighted by Gasteiger charge is -2.34. The number of rotatable bonds is 2. The Balaban J connectivity index is 2.06. The molecular formula is C18H16BrN5O. The van der Waals surface area contributed by atoms with Gasteiger partial charge in [-0.2, -0.15) is 10.4 Å². The van der Waals surface area contributed by atoms with Crippen LogP contribution in [-0.4, -0.2) is 26.0 Å². The van der Waals surface area contributed by atoms with Gasteiger partial charge in [0, 0.05) is 23.5 Å². The first-order chi connectivity index (χ1) is 11.8. The molecule has 25 heavy (non-hydrogen) atoms. The van der Waals surface area contributed by atoms with Gasteiger partial charge in [-0.15, -0.1) is 0 Å². The second-order valence-corrected chi connectivity index (χ2v) is 7.42. The highest BCUT2D eigenvalue weighted by atomic mass is 79.9. The van der Waals surface area contributed by atoms with Gasteiger partial charge in [0.25, 0.3) is 5.91 Å². The van der Waals surface area contributed by atoms with Crippen LogP contribution in [0.3, 0.4) is 0 Å². The smallest absolute Gasteiger partial charge is 0.260 e. The third-order valence-electron chi connectivity index (χ3n) is 3.70. The zero-order valence-electron chi connectivity index (χ0n) is 14.1. The summed E-state index contributed by atoms with van der Waals surface area (Å²) in [7, 11) is 0. The van der Waals surface area contributed by atoms with Crippen molar-refractivity contribution in [1.29, 1.82) is 5.26 Å². The molecule has 0 saturated carbocycles. The van der Waals surface area contributed by atoms with Crippen molar-refractivity contribution < 1.29 is 4.79 Å². The van der Waals surface area contributed by atoms with Crippen molar-refractivity contribution in [3.63, 3.8) is 0 Å². The predicted molar refractivity (Wildman–Crippen MR) is 98.4 cm³/mol. The summed E-state index contributed by atoms with van der Waals surface area (Å²) in [5, 5.41) is 13.1. The molecule has 0 atom stereocenters. The first kappa shape index (κ1) is 17.1. The van der Waals surface area contributed by atoms with Gasteiger partial charge in [0.15, 0.2) is 0 Å². The maximum absolute atomic E-state index is 13.2. The molecule has 6 nitrogen and oxygen atoms in total. The summed E-state index contributed by atoms with van der Waals surface area (Å²) in [6, 6.07) is 8.91. The fourth-order valence-electron chi connectivity index (χ4n) is 2.55. The van der Waals surface area contributed by atoms with Crippen LogP contribution in [0.2, 0.25) is 0 Å². The zero-order valence-corrected chi connectivity index (χ0v) is 15.6. The summed E-state index contributed by atoms with van der Waals surface area (Å²) in [5.41, 5.74) is 1.32. The number of hydrogen-bond acceptors (Lipinski definition) is 4. The summed E-state index contributed by atoms with van der Waals surface area (Å²) in [6.07, 6.45) is 4.91. The number of nitrogens with zero attached hydrogens (tertiary/aromatic N) is 5. The quantitative estimate of drug-likeness (QED) is 0.658. The Hall–Kier alpha value is -2.72. The van der Waals surface area contributed by atoms with Crippen LogP contribution < -0.4 is 4.90 Å². The molecule has 0 aliphatic carbocycles. The first-order valence-electron chi connectivity index (χ1n) is 7.65. The van der Waals surface area contributed by atoms with Gasteiger partial charge >= 0.3 is 0 Å². The Bertz CT molecular complexity index is 979. The molecule has 0 N–H and O–H groups in total. The summed E-state index contributed by atoms with van der Waals surface area (Å²) >= 11 is 3.44. The number of aromatic nitrogens is 3. The maximum Gasteiger partial charge on any atom is 0.260 e. The number of hydrogen-bond donors (Lipinski definition) is 0. The first-order valence-corrected chi connectivity index (χ1v) is 8.44. The molecular weight excluding hydrogens is 382 g/mol. The van der Waals surface area contributed by atoms with Crippen LogP contribution >= 0.6 is 15.9 Å². The second kappa shape index (κ2) is 6.30. The minimum absolute atomic E-state index is 0.166. The number of fused-ring (bicyclic) bond motifs is 1. The Morgan fingerprint density at radius 3 is 2.64 bits per heavy atom. The zero-order chi connectivity index (χ0) is 18.2. The van der Waals surface area contributed by atoms with E-state index in [9.17, 15) is 4.79 Å². The average molecular weight is 398 g/mol. The van der Waals surface area contributed by atoms with Crippen LogP contribution in [0.5, 0.6) is 0 Å². The van der Waals surface area contributed by atoms with Crippen molar-refractivity contribution in [2.75, 3.05) is 4.90 Å². The fourth-order valence-corrected chi connectivity index (χ4v) is 2.94. The van der Waals surface area contributed by atoms with Gasteiger partial charge < -0.3 is 0 Å². The molecule has 0 unspecified atom stereocenters. The summed E-state index contributed by atoms with van der Waals surface area (Å²) in [5.74, 6) is 0.337. The van der Waals surface area contributed by atoms with Crippen molar-refractivity contribution in [3.8, 4) is 6.07 Å². The molecule has 3 rings (SSSR count). The summed E-state index contributed by atoms with van der Waals surface area (Å²) in [6.45, 7) is 5.83. The highest BCUT2D eigenvalue weighted by Gasteiger charge is 2.30. The second-order valence-electron chi connectivity index (χ2n) is 6.57. The lowest BCUT2D eigenvalue weighted by atomic mass is 10.0. The van der Waals surface area contributed by atoms with Crippen LogP contribution in [-0.2, 0) is 0 Å². The Morgan fingerprint density at radius 2 is 2.04 bits per heavy atom. The molecule has 3 aromatic heterocycles. The van der Waals surface area contributed by atoms with E-state index in [0.717, 1.165) is 9.99 Å². The highest BCUT2D eigenvalue weighted by molar-refractivity contribution is 9.10. The molecule has 0 aliphatic rings. The van der Waals surface area contributed by atoms with Gasteiger partial charge in [0.2, 0.25) is 0 Å². The third kappa shape index (κ3) is 3.26. The van der Waals surface area contributed by atoms with E-state index >= 15 is 0 Å². The lowest BCUT2D eigenvalue weighted by molar-refractivity contribution is 0.0965.